The van der Waals surface area contributed by atoms with E-state index < -0.39 is 0 Å². The van der Waals surface area contributed by atoms with E-state index in [0.717, 1.165) is 38.9 Å². The Bertz CT molecular complexity index is 2100. The topological polar surface area (TPSA) is 0 Å². The van der Waals surface area contributed by atoms with E-state index in [0.29, 0.717) is 0 Å². The Morgan fingerprint density at radius 3 is 0.976 bits per heavy atom. The van der Waals surface area contributed by atoms with Gasteiger partial charge in [0.25, 0.3) is 0 Å². The Morgan fingerprint density at radius 2 is 0.571 bits per heavy atom. The highest BCUT2D eigenvalue weighted by Crippen LogP contribution is 2.38. The smallest absolute Gasteiger partial charge is 0.123 e. The molecular weight excluding hydrogens is 518 g/mol. The van der Waals surface area contributed by atoms with E-state index in [9.17, 15) is 8.78 Å². The van der Waals surface area contributed by atoms with Crippen molar-refractivity contribution in [2.75, 3.05) is 0 Å². The van der Waals surface area contributed by atoms with Gasteiger partial charge in [-0.2, -0.15) is 0 Å². The Morgan fingerprint density at radius 1 is 0.262 bits per heavy atom. The second-order valence-corrected chi connectivity index (χ2v) is 10.9. The van der Waals surface area contributed by atoms with Crippen LogP contribution in [0.25, 0.3) is 76.8 Å². The van der Waals surface area contributed by atoms with Gasteiger partial charge in [0.1, 0.15) is 11.6 Å². The lowest BCUT2D eigenvalue weighted by Crippen LogP contribution is -1.88. The minimum Gasteiger partial charge on any atom is -0.207 e. The molecule has 0 aromatic heterocycles. The van der Waals surface area contributed by atoms with Gasteiger partial charge in [0, 0.05) is 0 Å². The fraction of sp³-hybridized carbons (Fsp3) is 0. The molecule has 0 saturated heterocycles. The van der Waals surface area contributed by atoms with Crippen LogP contribution in [0.15, 0.2) is 146 Å². The summed E-state index contributed by atoms with van der Waals surface area (Å²) < 4.78 is 27.3. The molecule has 0 bridgehead atoms. The van der Waals surface area contributed by atoms with Crippen molar-refractivity contribution in [2.24, 2.45) is 0 Å². The third-order valence-corrected chi connectivity index (χ3v) is 8.30. The maximum Gasteiger partial charge on any atom is 0.123 e. The summed E-state index contributed by atoms with van der Waals surface area (Å²) in [6.45, 7) is 0. The first-order valence-corrected chi connectivity index (χ1v) is 14.0. The van der Waals surface area contributed by atoms with Crippen LogP contribution >= 0.6 is 0 Å². The minimum atomic E-state index is -0.267. The zero-order valence-corrected chi connectivity index (χ0v) is 22.6. The van der Waals surface area contributed by atoms with Crippen LogP contribution in [0.1, 0.15) is 0 Å². The van der Waals surface area contributed by atoms with Gasteiger partial charge in [0.2, 0.25) is 0 Å². The largest absolute Gasteiger partial charge is 0.207 e. The Labute approximate surface area is 242 Å². The maximum atomic E-state index is 13.7. The van der Waals surface area contributed by atoms with Crippen LogP contribution in [0.4, 0.5) is 8.78 Å². The molecule has 0 aliphatic heterocycles. The minimum absolute atomic E-state index is 0.267. The molecule has 8 aromatic rings. The molecule has 8 aromatic carbocycles. The first kappa shape index (κ1) is 24.5. The molecule has 0 unspecified atom stereocenters. The molecule has 0 radical (unpaired) electrons. The van der Waals surface area contributed by atoms with E-state index in [4.69, 9.17) is 0 Å². The molecule has 0 fully saturated rings. The molecule has 198 valence electrons. The van der Waals surface area contributed by atoms with Gasteiger partial charge in [-0.25, -0.2) is 8.78 Å². The summed E-state index contributed by atoms with van der Waals surface area (Å²) >= 11 is 0. The van der Waals surface area contributed by atoms with Crippen LogP contribution in [0, 0.1) is 11.6 Å². The van der Waals surface area contributed by atoms with Crippen molar-refractivity contribution in [3.05, 3.63) is 157 Å². The molecule has 2 heteroatoms. The van der Waals surface area contributed by atoms with Gasteiger partial charge in [-0.15, -0.1) is 0 Å². The second-order valence-electron chi connectivity index (χ2n) is 10.9. The molecule has 0 aliphatic carbocycles. The van der Waals surface area contributed by atoms with E-state index in [1.807, 2.05) is 0 Å². The van der Waals surface area contributed by atoms with Gasteiger partial charge in [0.15, 0.2) is 0 Å². The number of hydrogen-bond donors (Lipinski definition) is 0. The summed E-state index contributed by atoms with van der Waals surface area (Å²) in [7, 11) is 0. The van der Waals surface area contributed by atoms with Gasteiger partial charge < -0.3 is 0 Å². The molecule has 0 heterocycles. The summed E-state index contributed by atoms with van der Waals surface area (Å²) in [6.07, 6.45) is 0. The predicted octanol–water partition coefficient (Wildman–Crippen LogP) is 11.5. The van der Waals surface area contributed by atoms with E-state index >= 15 is 0 Å². The van der Waals surface area contributed by atoms with Crippen LogP contribution in [0.3, 0.4) is 0 Å². The van der Waals surface area contributed by atoms with Crippen LogP contribution in [0.2, 0.25) is 0 Å². The normalized spacial score (nSPS) is 11.6. The average Bonchev–Trinajstić information content (AvgIpc) is 3.04. The lowest BCUT2D eigenvalue weighted by atomic mass is 9.90. The number of benzene rings is 8. The van der Waals surface area contributed by atoms with Crippen molar-refractivity contribution >= 4 is 32.3 Å². The van der Waals surface area contributed by atoms with Gasteiger partial charge in [0.05, 0.1) is 0 Å². The highest BCUT2D eigenvalue weighted by molar-refractivity contribution is 6.23. The zero-order valence-electron chi connectivity index (χ0n) is 22.6. The van der Waals surface area contributed by atoms with E-state index in [1.165, 1.54) is 62.1 Å². The van der Waals surface area contributed by atoms with Crippen molar-refractivity contribution in [2.45, 2.75) is 0 Å². The number of hydrogen-bond acceptors (Lipinski definition) is 0. The van der Waals surface area contributed by atoms with Crippen molar-refractivity contribution in [3.8, 4) is 44.5 Å². The molecule has 0 atom stereocenters. The molecule has 0 nitrogen and oxygen atoms in total. The fourth-order valence-electron chi connectivity index (χ4n) is 6.19. The first-order chi connectivity index (χ1) is 20.6. The third kappa shape index (κ3) is 4.20. The monoisotopic (exact) mass is 542 g/mol. The molecule has 0 aliphatic rings. The lowest BCUT2D eigenvalue weighted by Gasteiger charge is -2.14. The predicted molar refractivity (Wildman–Crippen MR) is 172 cm³/mol. The molecule has 0 saturated carbocycles. The van der Waals surface area contributed by atoms with Crippen LogP contribution in [0.5, 0.6) is 0 Å². The zero-order chi connectivity index (χ0) is 28.2. The molecule has 0 N–H and O–H groups in total. The molecular formula is C40H24F2. The van der Waals surface area contributed by atoms with Crippen molar-refractivity contribution in [3.63, 3.8) is 0 Å². The SMILES string of the molecule is Fc1ccc(-c2cc(-c3ccc(F)cc3)cc(-c3ccc(-c4cc5ccc6cccc7ccc(c4)c5c67)cc3)c2)cc1. The summed E-state index contributed by atoms with van der Waals surface area (Å²) in [5, 5.41) is 7.67. The number of halogens is 2. The first-order valence-electron chi connectivity index (χ1n) is 14.0. The summed E-state index contributed by atoms with van der Waals surface area (Å²) in [5.74, 6) is -0.535. The van der Waals surface area contributed by atoms with Gasteiger partial charge in [-0.3, -0.25) is 0 Å². The van der Waals surface area contributed by atoms with Crippen molar-refractivity contribution in [1.29, 1.82) is 0 Å². The highest BCUT2D eigenvalue weighted by atomic mass is 19.1. The Hall–Kier alpha value is -5.34. The van der Waals surface area contributed by atoms with Crippen LogP contribution in [-0.2, 0) is 0 Å². The summed E-state index contributed by atoms with van der Waals surface area (Å²) in [5.41, 5.74) is 8.24. The summed E-state index contributed by atoms with van der Waals surface area (Å²) in [6, 6.07) is 47.9. The summed E-state index contributed by atoms with van der Waals surface area (Å²) in [4.78, 5) is 0. The molecule has 0 spiro atoms. The van der Waals surface area contributed by atoms with Crippen molar-refractivity contribution < 1.29 is 8.78 Å². The highest BCUT2D eigenvalue weighted by Gasteiger charge is 2.12. The lowest BCUT2D eigenvalue weighted by molar-refractivity contribution is 0.627. The van der Waals surface area contributed by atoms with Gasteiger partial charge in [-0.05, 0) is 131 Å². The third-order valence-electron chi connectivity index (χ3n) is 8.30. The van der Waals surface area contributed by atoms with E-state index in [-0.39, 0.29) is 11.6 Å². The van der Waals surface area contributed by atoms with Crippen LogP contribution < -0.4 is 0 Å². The van der Waals surface area contributed by atoms with Crippen LogP contribution in [-0.4, -0.2) is 0 Å². The number of rotatable bonds is 4. The standard InChI is InChI=1S/C40H24F2/c41-37-16-12-27(13-17-37)35-22-34(23-36(24-35)28-14-18-38(42)19-15-28)26-6-4-25(5-7-26)33-20-31-10-8-29-2-1-3-30-9-11-32(21-33)40(31)39(29)30/h1-24H. The average molecular weight is 543 g/mol. The van der Waals surface area contributed by atoms with Gasteiger partial charge >= 0.3 is 0 Å². The second kappa shape index (κ2) is 9.64. The molecule has 8 rings (SSSR count). The Balaban J connectivity index is 1.22. The maximum absolute atomic E-state index is 13.7. The van der Waals surface area contributed by atoms with E-state index in [2.05, 4.69) is 97.1 Å². The van der Waals surface area contributed by atoms with Crippen molar-refractivity contribution in [1.82, 2.24) is 0 Å². The fourth-order valence-corrected chi connectivity index (χ4v) is 6.19. The quantitative estimate of drug-likeness (QED) is 0.194. The molecule has 0 amide bonds. The Kier molecular flexibility index (Phi) is 5.61. The molecule has 42 heavy (non-hydrogen) atoms. The van der Waals surface area contributed by atoms with Gasteiger partial charge in [-0.1, -0.05) is 91.0 Å². The van der Waals surface area contributed by atoms with E-state index in [1.54, 1.807) is 24.3 Å².